The first-order valence-electron chi connectivity index (χ1n) is 15.8. The van der Waals surface area contributed by atoms with E-state index in [4.69, 9.17) is 4.74 Å². The summed E-state index contributed by atoms with van der Waals surface area (Å²) in [7, 11) is 0. The summed E-state index contributed by atoms with van der Waals surface area (Å²) in [5, 5.41) is 11.2. The zero-order valence-corrected chi connectivity index (χ0v) is 23.9. The van der Waals surface area contributed by atoms with Gasteiger partial charge in [0.05, 0.1) is 25.7 Å². The minimum atomic E-state index is -0.149. The van der Waals surface area contributed by atoms with Gasteiger partial charge in [0, 0.05) is 37.6 Å². The van der Waals surface area contributed by atoms with Crippen LogP contribution in [0.5, 0.6) is 0 Å². The molecule has 6 fully saturated rings. The molecule has 0 spiro atoms. The van der Waals surface area contributed by atoms with Gasteiger partial charge in [-0.2, -0.15) is 0 Å². The predicted octanol–water partition coefficient (Wildman–Crippen LogP) is 5.17. The molecule has 208 valence electrons. The van der Waals surface area contributed by atoms with E-state index < -0.39 is 0 Å². The number of nitrogens with zero attached hydrogens (tertiary/aromatic N) is 2. The molecule has 2 saturated heterocycles. The number of carbonyl (C=O) groups excluding carboxylic acids is 1. The molecule has 4 saturated carbocycles. The van der Waals surface area contributed by atoms with Gasteiger partial charge in [0.1, 0.15) is 6.04 Å². The van der Waals surface area contributed by atoms with Crippen LogP contribution in [0.4, 0.5) is 0 Å². The summed E-state index contributed by atoms with van der Waals surface area (Å²) in [6.45, 7) is 16.7. The van der Waals surface area contributed by atoms with Crippen molar-refractivity contribution >= 4 is 5.97 Å². The number of aliphatic hydroxyl groups is 1. The molecule has 2 aliphatic heterocycles. The third-order valence-corrected chi connectivity index (χ3v) is 13.2. The number of carbonyl (C=O) groups is 1. The van der Waals surface area contributed by atoms with Crippen LogP contribution in [0.15, 0.2) is 12.7 Å². The second-order valence-corrected chi connectivity index (χ2v) is 14.7. The minimum Gasteiger partial charge on any atom is -0.456 e. The highest BCUT2D eigenvalue weighted by atomic mass is 16.5. The largest absolute Gasteiger partial charge is 0.456 e. The molecule has 5 nitrogen and oxygen atoms in total. The first-order chi connectivity index (χ1) is 17.7. The van der Waals surface area contributed by atoms with Crippen LogP contribution in [-0.2, 0) is 9.53 Å². The standard InChI is InChI=1S/C32H53N2O3/c1-5-16-34(17-8-9-18-34)28-20-26-24-11-10-23-19-29(36)27(33-14-6-7-15-33)21-32(23,4)25(24)12-13-31(26,3)30(28)37-22(2)35/h5,23-30,36H,1,6-21H2,2-4H3/q+1. The Morgan fingerprint density at radius 2 is 1.78 bits per heavy atom. The van der Waals surface area contributed by atoms with Gasteiger partial charge in [0.15, 0.2) is 6.10 Å². The van der Waals surface area contributed by atoms with E-state index >= 15 is 0 Å². The molecule has 0 bridgehead atoms. The minimum absolute atomic E-state index is 0.0325. The highest BCUT2D eigenvalue weighted by molar-refractivity contribution is 5.66. The van der Waals surface area contributed by atoms with Crippen molar-refractivity contribution in [1.29, 1.82) is 0 Å². The number of quaternary nitrogens is 1. The molecule has 5 heteroatoms. The molecule has 1 N–H and O–H groups in total. The number of aliphatic hydroxyl groups excluding tert-OH is 1. The lowest BCUT2D eigenvalue weighted by atomic mass is 9.44. The Kier molecular flexibility index (Phi) is 6.85. The molecular formula is C32H53N2O3+. The molecule has 10 unspecified atom stereocenters. The number of rotatable bonds is 5. The van der Waals surface area contributed by atoms with Gasteiger partial charge >= 0.3 is 5.97 Å². The maximum absolute atomic E-state index is 12.5. The quantitative estimate of drug-likeness (QED) is 0.313. The van der Waals surface area contributed by atoms with E-state index in [1.165, 1.54) is 90.4 Å². The zero-order chi connectivity index (χ0) is 26.0. The van der Waals surface area contributed by atoms with E-state index in [1.54, 1.807) is 6.92 Å². The van der Waals surface area contributed by atoms with Crippen LogP contribution in [0.25, 0.3) is 0 Å². The Hall–Kier alpha value is -0.910. The molecule has 0 aromatic heterocycles. The van der Waals surface area contributed by atoms with Crippen LogP contribution in [-0.4, -0.2) is 77.5 Å². The SMILES string of the molecule is C=CC[N+]1(C2CC3C4CCC5CC(O)C(N6CCCC6)CC5(C)C4CCC3(C)C2OC(C)=O)CCCC1. The number of hydrogen-bond acceptors (Lipinski definition) is 4. The van der Waals surface area contributed by atoms with Crippen molar-refractivity contribution in [2.45, 2.75) is 116 Å². The van der Waals surface area contributed by atoms with Crippen LogP contribution in [0.3, 0.4) is 0 Å². The normalized spacial score (nSPS) is 49.2. The highest BCUT2D eigenvalue weighted by Crippen LogP contribution is 2.67. The third kappa shape index (κ3) is 4.08. The fourth-order valence-electron chi connectivity index (χ4n) is 11.5. The molecule has 37 heavy (non-hydrogen) atoms. The summed E-state index contributed by atoms with van der Waals surface area (Å²) in [5.41, 5.74) is 0.408. The molecule has 4 aliphatic carbocycles. The van der Waals surface area contributed by atoms with Crippen molar-refractivity contribution in [3.63, 3.8) is 0 Å². The summed E-state index contributed by atoms with van der Waals surface area (Å²) in [6.07, 6.45) is 15.6. The van der Waals surface area contributed by atoms with E-state index in [-0.39, 0.29) is 23.6 Å². The monoisotopic (exact) mass is 513 g/mol. The lowest BCUT2D eigenvalue weighted by Crippen LogP contribution is -2.60. The highest BCUT2D eigenvalue weighted by Gasteiger charge is 2.67. The molecule has 6 rings (SSSR count). The van der Waals surface area contributed by atoms with E-state index in [0.29, 0.717) is 29.3 Å². The van der Waals surface area contributed by atoms with Crippen molar-refractivity contribution in [3.8, 4) is 0 Å². The lowest BCUT2D eigenvalue weighted by molar-refractivity contribution is -0.937. The zero-order valence-electron chi connectivity index (χ0n) is 23.9. The Morgan fingerprint density at radius 1 is 1.05 bits per heavy atom. The molecule has 0 radical (unpaired) electrons. The average molecular weight is 514 g/mol. The summed E-state index contributed by atoms with van der Waals surface area (Å²) in [4.78, 5) is 15.1. The Labute approximate surface area is 225 Å². The number of hydrogen-bond donors (Lipinski definition) is 1. The summed E-state index contributed by atoms with van der Waals surface area (Å²) < 4.78 is 7.45. The van der Waals surface area contributed by atoms with E-state index in [9.17, 15) is 9.90 Å². The maximum Gasteiger partial charge on any atom is 0.303 e. The first-order valence-corrected chi connectivity index (χ1v) is 15.8. The molecule has 0 aromatic carbocycles. The average Bonchev–Trinajstić information content (AvgIpc) is 3.60. The van der Waals surface area contributed by atoms with Crippen molar-refractivity contribution < 1.29 is 19.1 Å². The number of ether oxygens (including phenoxy) is 1. The van der Waals surface area contributed by atoms with Gasteiger partial charge in [-0.1, -0.05) is 20.4 Å². The molecule has 10 atom stereocenters. The number of likely N-dealkylation sites (tertiary alicyclic amines) is 2. The van der Waals surface area contributed by atoms with Gasteiger partial charge in [-0.15, -0.1) is 0 Å². The number of fused-ring (bicyclic) bond motifs is 5. The van der Waals surface area contributed by atoms with Crippen molar-refractivity contribution in [1.82, 2.24) is 4.90 Å². The first kappa shape index (κ1) is 26.3. The second kappa shape index (κ2) is 9.63. The molecule has 0 aromatic rings. The molecular weight excluding hydrogens is 460 g/mol. The Bertz CT molecular complexity index is 879. The van der Waals surface area contributed by atoms with Gasteiger partial charge in [-0.05, 0) is 99.6 Å². The molecule has 6 aliphatic rings. The van der Waals surface area contributed by atoms with Crippen LogP contribution < -0.4 is 0 Å². The fraction of sp³-hybridized carbons (Fsp3) is 0.906. The maximum atomic E-state index is 12.5. The van der Waals surface area contributed by atoms with Gasteiger partial charge in [-0.25, -0.2) is 0 Å². The lowest BCUT2D eigenvalue weighted by Gasteiger charge is -2.62. The molecule has 2 heterocycles. The van der Waals surface area contributed by atoms with E-state index in [1.807, 2.05) is 0 Å². The predicted molar refractivity (Wildman–Crippen MR) is 147 cm³/mol. The van der Waals surface area contributed by atoms with Crippen molar-refractivity contribution in [3.05, 3.63) is 12.7 Å². The summed E-state index contributed by atoms with van der Waals surface area (Å²) in [6, 6.07) is 0.765. The van der Waals surface area contributed by atoms with Gasteiger partial charge in [0.25, 0.3) is 0 Å². The van der Waals surface area contributed by atoms with Gasteiger partial charge in [-0.3, -0.25) is 9.69 Å². The van der Waals surface area contributed by atoms with Crippen LogP contribution >= 0.6 is 0 Å². The van der Waals surface area contributed by atoms with Crippen molar-refractivity contribution in [2.24, 2.45) is 34.5 Å². The Morgan fingerprint density at radius 3 is 2.46 bits per heavy atom. The smallest absolute Gasteiger partial charge is 0.303 e. The second-order valence-electron chi connectivity index (χ2n) is 14.7. The topological polar surface area (TPSA) is 49.8 Å². The van der Waals surface area contributed by atoms with Gasteiger partial charge < -0.3 is 14.3 Å². The Balaban J connectivity index is 1.31. The third-order valence-electron chi connectivity index (χ3n) is 13.2. The summed E-state index contributed by atoms with van der Waals surface area (Å²) >= 11 is 0. The van der Waals surface area contributed by atoms with Crippen molar-refractivity contribution in [2.75, 3.05) is 32.7 Å². The van der Waals surface area contributed by atoms with Gasteiger partial charge in [0.2, 0.25) is 0 Å². The summed E-state index contributed by atoms with van der Waals surface area (Å²) in [5.74, 6) is 2.66. The van der Waals surface area contributed by atoms with Crippen LogP contribution in [0.1, 0.15) is 91.4 Å². The fourth-order valence-corrected chi connectivity index (χ4v) is 11.5. The van der Waals surface area contributed by atoms with Crippen LogP contribution in [0.2, 0.25) is 0 Å². The molecule has 0 amide bonds. The van der Waals surface area contributed by atoms with E-state index in [2.05, 4.69) is 31.4 Å². The van der Waals surface area contributed by atoms with E-state index in [0.717, 1.165) is 29.3 Å². The number of esters is 1. The van der Waals surface area contributed by atoms with Crippen LogP contribution in [0, 0.1) is 34.5 Å².